The van der Waals surface area contributed by atoms with Crippen LogP contribution in [0.5, 0.6) is 0 Å². The summed E-state index contributed by atoms with van der Waals surface area (Å²) >= 11 is 1.67. The van der Waals surface area contributed by atoms with E-state index in [2.05, 4.69) is 16.3 Å². The summed E-state index contributed by atoms with van der Waals surface area (Å²) < 4.78 is 13.0. The van der Waals surface area contributed by atoms with Gasteiger partial charge in [-0.05, 0) is 53.1 Å². The van der Waals surface area contributed by atoms with E-state index >= 15 is 0 Å². The molecule has 1 aromatic heterocycles. The van der Waals surface area contributed by atoms with Crippen LogP contribution in [0, 0.1) is 5.82 Å². The van der Waals surface area contributed by atoms with Crippen molar-refractivity contribution in [1.82, 2.24) is 4.90 Å². The lowest BCUT2D eigenvalue weighted by Gasteiger charge is -2.36. The van der Waals surface area contributed by atoms with Crippen LogP contribution in [0.2, 0.25) is 0 Å². The highest BCUT2D eigenvalue weighted by Gasteiger charge is 2.21. The first-order chi connectivity index (χ1) is 10.7. The van der Waals surface area contributed by atoms with Crippen LogP contribution < -0.4 is 4.90 Å². The highest BCUT2D eigenvalue weighted by molar-refractivity contribution is 7.07. The molecule has 0 bridgehead atoms. The molecular weight excluding hydrogens is 299 g/mol. The molecule has 0 saturated carbocycles. The first kappa shape index (κ1) is 15.0. The van der Waals surface area contributed by atoms with E-state index in [1.54, 1.807) is 23.5 Å². The first-order valence-corrected chi connectivity index (χ1v) is 8.46. The summed E-state index contributed by atoms with van der Waals surface area (Å²) in [6.07, 6.45) is 1.40. The van der Waals surface area contributed by atoms with Crippen LogP contribution in [0.15, 0.2) is 41.1 Å². The molecule has 22 heavy (non-hydrogen) atoms. The molecule has 2 heterocycles. The number of hydrogen-bond acceptors (Lipinski definition) is 3. The van der Waals surface area contributed by atoms with E-state index in [-0.39, 0.29) is 11.7 Å². The lowest BCUT2D eigenvalue weighted by Crippen LogP contribution is -2.48. The van der Waals surface area contributed by atoms with Crippen molar-refractivity contribution < 1.29 is 9.18 Å². The van der Waals surface area contributed by atoms with Gasteiger partial charge in [0.1, 0.15) is 5.82 Å². The van der Waals surface area contributed by atoms with Crippen molar-refractivity contribution in [2.75, 3.05) is 31.1 Å². The third-order valence-electron chi connectivity index (χ3n) is 4.03. The number of aryl methyl sites for hydroxylation is 1. The van der Waals surface area contributed by atoms with Crippen LogP contribution in [0.1, 0.15) is 12.0 Å². The third kappa shape index (κ3) is 3.65. The molecule has 2 aromatic rings. The Morgan fingerprint density at radius 3 is 2.45 bits per heavy atom. The number of carbonyl (C=O) groups excluding carboxylic acids is 1. The lowest BCUT2D eigenvalue weighted by atomic mass is 10.1. The van der Waals surface area contributed by atoms with Crippen LogP contribution in [-0.4, -0.2) is 37.0 Å². The van der Waals surface area contributed by atoms with Gasteiger partial charge in [0.15, 0.2) is 0 Å². The van der Waals surface area contributed by atoms with Gasteiger partial charge in [-0.2, -0.15) is 11.3 Å². The molecule has 5 heteroatoms. The van der Waals surface area contributed by atoms with Gasteiger partial charge in [-0.1, -0.05) is 0 Å². The summed E-state index contributed by atoms with van der Waals surface area (Å²) in [6, 6.07) is 8.62. The van der Waals surface area contributed by atoms with Gasteiger partial charge in [-0.3, -0.25) is 4.79 Å². The van der Waals surface area contributed by atoms with Gasteiger partial charge in [0.2, 0.25) is 5.91 Å². The van der Waals surface area contributed by atoms with Crippen molar-refractivity contribution >= 4 is 22.9 Å². The van der Waals surface area contributed by atoms with Crippen molar-refractivity contribution in [3.05, 3.63) is 52.5 Å². The number of thiophene rings is 1. The second-order valence-electron chi connectivity index (χ2n) is 5.48. The molecule has 1 saturated heterocycles. The predicted octanol–water partition coefficient (Wildman–Crippen LogP) is 3.17. The van der Waals surface area contributed by atoms with Crippen molar-refractivity contribution in [3.8, 4) is 0 Å². The van der Waals surface area contributed by atoms with Crippen molar-refractivity contribution in [2.24, 2.45) is 0 Å². The molecule has 1 fully saturated rings. The monoisotopic (exact) mass is 318 g/mol. The Balaban J connectivity index is 1.48. The average molecular weight is 318 g/mol. The highest BCUT2D eigenvalue weighted by atomic mass is 32.1. The molecule has 0 spiro atoms. The van der Waals surface area contributed by atoms with E-state index in [1.807, 2.05) is 10.3 Å². The Morgan fingerprint density at radius 2 is 1.82 bits per heavy atom. The lowest BCUT2D eigenvalue weighted by molar-refractivity contribution is -0.131. The maximum Gasteiger partial charge on any atom is 0.223 e. The SMILES string of the molecule is O=C(CCc1ccsc1)N1CCN(c2ccc(F)cc2)CC1. The minimum absolute atomic E-state index is 0.217. The second-order valence-corrected chi connectivity index (χ2v) is 6.26. The van der Waals surface area contributed by atoms with Crippen LogP contribution in [0.25, 0.3) is 0 Å². The maximum absolute atomic E-state index is 13.0. The Hall–Kier alpha value is -1.88. The second kappa shape index (κ2) is 6.92. The van der Waals surface area contributed by atoms with Gasteiger partial charge in [-0.15, -0.1) is 0 Å². The Labute approximate surface area is 134 Å². The molecule has 0 unspecified atom stereocenters. The average Bonchev–Trinajstić information content (AvgIpc) is 3.07. The van der Waals surface area contributed by atoms with Crippen molar-refractivity contribution in [3.63, 3.8) is 0 Å². The van der Waals surface area contributed by atoms with Gasteiger partial charge in [0.25, 0.3) is 0 Å². The minimum atomic E-state index is -0.217. The highest BCUT2D eigenvalue weighted by Crippen LogP contribution is 2.17. The maximum atomic E-state index is 13.0. The molecular formula is C17H19FN2OS. The first-order valence-electron chi connectivity index (χ1n) is 7.52. The molecule has 0 radical (unpaired) electrons. The number of hydrogen-bond donors (Lipinski definition) is 0. The van der Waals surface area contributed by atoms with E-state index in [0.717, 1.165) is 38.3 Å². The number of halogens is 1. The fourth-order valence-electron chi connectivity index (χ4n) is 2.71. The van der Waals surface area contributed by atoms with Crippen molar-refractivity contribution in [1.29, 1.82) is 0 Å². The van der Waals surface area contributed by atoms with Crippen LogP contribution >= 0.6 is 11.3 Å². The minimum Gasteiger partial charge on any atom is -0.368 e. The van der Waals surface area contributed by atoms with E-state index in [0.29, 0.717) is 6.42 Å². The van der Waals surface area contributed by atoms with E-state index in [4.69, 9.17) is 0 Å². The number of rotatable bonds is 4. The number of amides is 1. The fourth-order valence-corrected chi connectivity index (χ4v) is 3.41. The molecule has 3 rings (SSSR count). The summed E-state index contributed by atoms with van der Waals surface area (Å²) in [5.74, 6) is 0.0101. The number of piperazine rings is 1. The summed E-state index contributed by atoms with van der Waals surface area (Å²) in [6.45, 7) is 3.07. The summed E-state index contributed by atoms with van der Waals surface area (Å²) in [5, 5.41) is 4.14. The molecule has 116 valence electrons. The molecule has 1 aliphatic heterocycles. The van der Waals surface area contributed by atoms with Crippen LogP contribution in [0.4, 0.5) is 10.1 Å². The number of anilines is 1. The topological polar surface area (TPSA) is 23.6 Å². The van der Waals surface area contributed by atoms with Crippen LogP contribution in [-0.2, 0) is 11.2 Å². The Kier molecular flexibility index (Phi) is 4.73. The smallest absolute Gasteiger partial charge is 0.223 e. The number of carbonyl (C=O) groups is 1. The van der Waals surface area contributed by atoms with Crippen molar-refractivity contribution in [2.45, 2.75) is 12.8 Å². The number of nitrogens with zero attached hydrogens (tertiary/aromatic N) is 2. The normalized spacial score (nSPS) is 15.1. The summed E-state index contributed by atoms with van der Waals surface area (Å²) in [5.41, 5.74) is 2.26. The van der Waals surface area contributed by atoms with Gasteiger partial charge in [0.05, 0.1) is 0 Å². The molecule has 1 aromatic carbocycles. The molecule has 0 aliphatic carbocycles. The van der Waals surface area contributed by atoms with Gasteiger partial charge >= 0.3 is 0 Å². The molecule has 1 aliphatic rings. The fraction of sp³-hybridized carbons (Fsp3) is 0.353. The molecule has 0 atom stereocenters. The summed E-state index contributed by atoms with van der Waals surface area (Å²) in [7, 11) is 0. The van der Waals surface area contributed by atoms with Gasteiger partial charge in [0, 0.05) is 38.3 Å². The predicted molar refractivity (Wildman–Crippen MR) is 87.8 cm³/mol. The zero-order valence-electron chi connectivity index (χ0n) is 12.4. The Morgan fingerprint density at radius 1 is 1.09 bits per heavy atom. The van der Waals surface area contributed by atoms with E-state index in [9.17, 15) is 9.18 Å². The third-order valence-corrected chi connectivity index (χ3v) is 4.76. The van der Waals surface area contributed by atoms with E-state index < -0.39 is 0 Å². The molecule has 0 N–H and O–H groups in total. The largest absolute Gasteiger partial charge is 0.368 e. The quantitative estimate of drug-likeness (QED) is 0.864. The van der Waals surface area contributed by atoms with E-state index in [1.165, 1.54) is 17.7 Å². The molecule has 1 amide bonds. The summed E-state index contributed by atoms with van der Waals surface area (Å²) in [4.78, 5) is 16.4. The zero-order chi connectivity index (χ0) is 15.4. The number of benzene rings is 1. The standard InChI is InChI=1S/C17H19FN2OS/c18-15-2-4-16(5-3-15)19-8-10-20(11-9-19)17(21)6-1-14-7-12-22-13-14/h2-5,7,12-13H,1,6,8-11H2. The zero-order valence-corrected chi connectivity index (χ0v) is 13.2. The molecule has 3 nitrogen and oxygen atoms in total. The Bertz CT molecular complexity index is 604. The van der Waals surface area contributed by atoms with Crippen LogP contribution in [0.3, 0.4) is 0 Å². The van der Waals surface area contributed by atoms with Gasteiger partial charge < -0.3 is 9.80 Å². The van der Waals surface area contributed by atoms with Gasteiger partial charge in [-0.25, -0.2) is 4.39 Å².